The van der Waals surface area contributed by atoms with Crippen molar-refractivity contribution in [3.63, 3.8) is 0 Å². The fraction of sp³-hybridized carbons (Fsp3) is 0.318. The molecule has 5 rings (SSSR count). The maximum Gasteiger partial charge on any atom is 0.218 e. The third-order valence-electron chi connectivity index (χ3n) is 5.62. The number of alkyl halides is 1. The number of aliphatic hydroxyl groups is 1. The predicted molar refractivity (Wildman–Crippen MR) is 115 cm³/mol. The van der Waals surface area contributed by atoms with E-state index < -0.39 is 24.1 Å². The molecule has 4 aromatic rings. The van der Waals surface area contributed by atoms with Gasteiger partial charge in [-0.3, -0.25) is 0 Å². The van der Waals surface area contributed by atoms with Gasteiger partial charge in [-0.1, -0.05) is 0 Å². The van der Waals surface area contributed by atoms with Crippen molar-refractivity contribution < 1.29 is 18.6 Å². The number of hydrogen-bond acceptors (Lipinski definition) is 8. The molecule has 1 saturated heterocycles. The van der Waals surface area contributed by atoms with E-state index in [0.29, 0.717) is 34.2 Å². The minimum Gasteiger partial charge on any atom is -0.481 e. The van der Waals surface area contributed by atoms with Crippen molar-refractivity contribution in [2.45, 2.75) is 31.7 Å². The summed E-state index contributed by atoms with van der Waals surface area (Å²) in [6.45, 7) is 1.70. The Hall–Kier alpha value is -3.73. The van der Waals surface area contributed by atoms with Crippen LogP contribution >= 0.6 is 0 Å². The van der Waals surface area contributed by atoms with Crippen LogP contribution < -0.4 is 9.64 Å². The Morgan fingerprint density at radius 3 is 2.82 bits per heavy atom. The first-order valence-electron chi connectivity index (χ1n) is 10.4. The van der Waals surface area contributed by atoms with Crippen LogP contribution in [-0.2, 0) is 0 Å². The van der Waals surface area contributed by atoms with Crippen LogP contribution in [0.5, 0.6) is 5.88 Å². The third-order valence-corrected chi connectivity index (χ3v) is 5.62. The first kappa shape index (κ1) is 21.1. The highest BCUT2D eigenvalue weighted by molar-refractivity contribution is 5.58. The van der Waals surface area contributed by atoms with E-state index in [4.69, 9.17) is 4.74 Å². The molecule has 0 bridgehead atoms. The van der Waals surface area contributed by atoms with Gasteiger partial charge in [0.2, 0.25) is 5.88 Å². The summed E-state index contributed by atoms with van der Waals surface area (Å²) in [7, 11) is 1.44. The van der Waals surface area contributed by atoms with E-state index in [0.717, 1.165) is 6.20 Å². The SMILES string of the molecule is COc1ncc(F)cc1[C@H]1C[C@H](F)CN1c1ccc2ncc(-c3nccc(C(C)O)n3)n2n1. The van der Waals surface area contributed by atoms with Crippen molar-refractivity contribution in [1.29, 1.82) is 0 Å². The highest BCUT2D eigenvalue weighted by Crippen LogP contribution is 2.40. The lowest BCUT2D eigenvalue weighted by atomic mass is 10.1. The van der Waals surface area contributed by atoms with Gasteiger partial charge in [-0.2, -0.15) is 0 Å². The van der Waals surface area contributed by atoms with Crippen LogP contribution in [0, 0.1) is 5.82 Å². The number of pyridine rings is 1. The van der Waals surface area contributed by atoms with Gasteiger partial charge < -0.3 is 14.7 Å². The van der Waals surface area contributed by atoms with Gasteiger partial charge in [0.05, 0.1) is 43.9 Å². The van der Waals surface area contributed by atoms with Gasteiger partial charge in [0.15, 0.2) is 11.5 Å². The zero-order chi connectivity index (χ0) is 23.1. The van der Waals surface area contributed by atoms with E-state index in [9.17, 15) is 13.9 Å². The van der Waals surface area contributed by atoms with Crippen LogP contribution in [0.15, 0.2) is 42.9 Å². The molecular formula is C22H21F2N7O2. The Kier molecular flexibility index (Phi) is 5.33. The number of imidazole rings is 1. The Bertz CT molecular complexity index is 1310. The lowest BCUT2D eigenvalue weighted by molar-refractivity contribution is 0.194. The highest BCUT2D eigenvalue weighted by Gasteiger charge is 2.36. The average Bonchev–Trinajstić information content (AvgIpc) is 3.42. The molecular weight excluding hydrogens is 432 g/mol. The van der Waals surface area contributed by atoms with Crippen molar-refractivity contribution in [1.82, 2.24) is 29.5 Å². The molecule has 9 nitrogen and oxygen atoms in total. The molecule has 1 aliphatic heterocycles. The normalized spacial score (nSPS) is 19.2. The van der Waals surface area contributed by atoms with Crippen molar-refractivity contribution in [2.75, 3.05) is 18.6 Å². The summed E-state index contributed by atoms with van der Waals surface area (Å²) in [6.07, 6.45) is 2.48. The fourth-order valence-electron chi connectivity index (χ4n) is 4.08. The third kappa shape index (κ3) is 3.84. The molecule has 5 heterocycles. The molecule has 0 amide bonds. The first-order valence-corrected chi connectivity index (χ1v) is 10.4. The van der Waals surface area contributed by atoms with Crippen LogP contribution in [-0.4, -0.2) is 54.5 Å². The van der Waals surface area contributed by atoms with Gasteiger partial charge >= 0.3 is 0 Å². The molecule has 0 spiro atoms. The summed E-state index contributed by atoms with van der Waals surface area (Å²) < 4.78 is 35.4. The largest absolute Gasteiger partial charge is 0.481 e. The Morgan fingerprint density at radius 1 is 1.18 bits per heavy atom. The summed E-state index contributed by atoms with van der Waals surface area (Å²) in [4.78, 5) is 18.8. The number of ether oxygens (including phenoxy) is 1. The monoisotopic (exact) mass is 453 g/mol. The molecule has 0 radical (unpaired) electrons. The minimum atomic E-state index is -1.13. The number of methoxy groups -OCH3 is 1. The zero-order valence-corrected chi connectivity index (χ0v) is 17.9. The van der Waals surface area contributed by atoms with Gasteiger partial charge in [0.25, 0.3) is 0 Å². The Balaban J connectivity index is 1.58. The molecule has 1 unspecified atom stereocenters. The molecule has 33 heavy (non-hydrogen) atoms. The predicted octanol–water partition coefficient (Wildman–Crippen LogP) is 3.07. The number of hydrogen-bond donors (Lipinski definition) is 1. The van der Waals surface area contributed by atoms with Crippen molar-refractivity contribution in [2.24, 2.45) is 0 Å². The van der Waals surface area contributed by atoms with Crippen LogP contribution in [0.25, 0.3) is 17.2 Å². The standard InChI is InChI=1S/C22H21F2N7O2/c1-12(32)16-5-6-25-21(28-16)18-10-26-19-3-4-20(29-31(18)19)30-11-14(24)8-17(30)15-7-13(23)9-27-22(15)33-2/h3-7,9-10,12,14,17,32H,8,11H2,1-2H3/t12?,14-,17+/m0/s1. The lowest BCUT2D eigenvalue weighted by Crippen LogP contribution is -2.26. The van der Waals surface area contributed by atoms with E-state index in [1.165, 1.54) is 13.2 Å². The first-order chi connectivity index (χ1) is 15.9. The second-order valence-electron chi connectivity index (χ2n) is 7.84. The number of nitrogens with zero attached hydrogens (tertiary/aromatic N) is 7. The second kappa shape index (κ2) is 8.32. The number of anilines is 1. The number of halogens is 2. The number of aliphatic hydroxyl groups excluding tert-OH is 1. The fourth-order valence-corrected chi connectivity index (χ4v) is 4.08. The summed E-state index contributed by atoms with van der Waals surface area (Å²) in [6, 6.07) is 5.94. The topological polar surface area (TPSA) is 102 Å². The Labute approximate surface area is 187 Å². The van der Waals surface area contributed by atoms with Crippen molar-refractivity contribution >= 4 is 11.5 Å². The smallest absolute Gasteiger partial charge is 0.218 e. The molecule has 11 heteroatoms. The van der Waals surface area contributed by atoms with Gasteiger partial charge in [-0.25, -0.2) is 33.2 Å². The molecule has 1 N–H and O–H groups in total. The molecule has 1 aliphatic rings. The summed E-state index contributed by atoms with van der Waals surface area (Å²) in [5.74, 6) is 0.546. The summed E-state index contributed by atoms with van der Waals surface area (Å²) in [5.41, 5.74) is 2.00. The van der Waals surface area contributed by atoms with Crippen LogP contribution in [0.2, 0.25) is 0 Å². The zero-order valence-electron chi connectivity index (χ0n) is 17.9. The van der Waals surface area contributed by atoms with Crippen molar-refractivity contribution in [3.8, 4) is 17.4 Å². The Morgan fingerprint density at radius 2 is 2.03 bits per heavy atom. The molecule has 1 fully saturated rings. The van der Waals surface area contributed by atoms with E-state index in [-0.39, 0.29) is 18.8 Å². The van der Waals surface area contributed by atoms with Gasteiger partial charge in [-0.05, 0) is 31.2 Å². The maximum absolute atomic E-state index is 14.6. The van der Waals surface area contributed by atoms with E-state index in [2.05, 4.69) is 25.0 Å². The van der Waals surface area contributed by atoms with Gasteiger partial charge in [0, 0.05) is 18.2 Å². The summed E-state index contributed by atoms with van der Waals surface area (Å²) in [5, 5.41) is 14.5. The highest BCUT2D eigenvalue weighted by atomic mass is 19.1. The number of aromatic nitrogens is 6. The molecule has 0 aliphatic carbocycles. The van der Waals surface area contributed by atoms with E-state index in [1.54, 1.807) is 46.9 Å². The molecule has 170 valence electrons. The van der Waals surface area contributed by atoms with Crippen LogP contribution in [0.1, 0.15) is 36.7 Å². The van der Waals surface area contributed by atoms with Crippen molar-refractivity contribution in [3.05, 3.63) is 59.9 Å². The van der Waals surface area contributed by atoms with Gasteiger partial charge in [0.1, 0.15) is 23.5 Å². The lowest BCUT2D eigenvalue weighted by Gasteiger charge is -2.26. The van der Waals surface area contributed by atoms with Gasteiger partial charge in [-0.15, -0.1) is 5.10 Å². The van der Waals surface area contributed by atoms with Crippen LogP contribution in [0.4, 0.5) is 14.6 Å². The second-order valence-corrected chi connectivity index (χ2v) is 7.84. The quantitative estimate of drug-likeness (QED) is 0.492. The molecule has 4 aromatic heterocycles. The maximum atomic E-state index is 14.6. The summed E-state index contributed by atoms with van der Waals surface area (Å²) >= 11 is 0. The molecule has 0 saturated carbocycles. The number of fused-ring (bicyclic) bond motifs is 1. The average molecular weight is 453 g/mol. The van der Waals surface area contributed by atoms with Crippen LogP contribution in [0.3, 0.4) is 0 Å². The molecule has 3 atom stereocenters. The van der Waals surface area contributed by atoms with E-state index >= 15 is 0 Å². The van der Waals surface area contributed by atoms with E-state index in [1.807, 2.05) is 0 Å². The minimum absolute atomic E-state index is 0.0842. The molecule has 0 aromatic carbocycles. The number of rotatable bonds is 5.